The Hall–Kier alpha value is -0.0900. The van der Waals surface area contributed by atoms with E-state index in [0.717, 1.165) is 11.8 Å². The number of hydrogen-bond acceptors (Lipinski definition) is 3. The first kappa shape index (κ1) is 20.2. The van der Waals surface area contributed by atoms with Gasteiger partial charge in [0.2, 0.25) is 0 Å². The molecule has 4 heteroatoms. The van der Waals surface area contributed by atoms with Crippen LogP contribution in [0, 0.1) is 0 Å². The molecule has 0 aromatic carbocycles. The van der Waals surface area contributed by atoms with Crippen molar-refractivity contribution in [3.8, 4) is 0 Å². The molecule has 2 atom stereocenters. The van der Waals surface area contributed by atoms with E-state index in [2.05, 4.69) is 53.1 Å². The molecule has 24 heavy (non-hydrogen) atoms. The predicted octanol–water partition coefficient (Wildman–Crippen LogP) is 6.76. The molecule has 0 N–H and O–H groups in total. The minimum Gasteiger partial charge on any atom is -0.337 e. The summed E-state index contributed by atoms with van der Waals surface area (Å²) < 4.78 is 2.71. The van der Waals surface area contributed by atoms with Crippen molar-refractivity contribution in [1.82, 2.24) is 9.55 Å². The monoisotopic (exact) mass is 368 g/mol. The molecule has 138 valence electrons. The fourth-order valence-electron chi connectivity index (χ4n) is 3.56. The molecule has 2 nitrogen and oxygen atoms in total. The van der Waals surface area contributed by atoms with Crippen LogP contribution >= 0.6 is 23.5 Å². The molecule has 0 spiro atoms. The summed E-state index contributed by atoms with van der Waals surface area (Å²) in [6.07, 6.45) is 21.3. The standard InChI is InChI=1S/C20H36N2S2/c1-3-4-5-6-7-8-9-12-20(23-17-11-19(2)24-20)13-10-15-22-16-14-21-18-22/h14,16,18-19H,3-13,15,17H2,1-2H3. The zero-order valence-corrected chi connectivity index (χ0v) is 17.3. The zero-order chi connectivity index (χ0) is 17.1. The molecule has 2 unspecified atom stereocenters. The third-order valence-electron chi connectivity index (χ3n) is 5.00. The Morgan fingerprint density at radius 1 is 1.08 bits per heavy atom. The summed E-state index contributed by atoms with van der Waals surface area (Å²) in [6.45, 7) is 5.85. The van der Waals surface area contributed by atoms with Gasteiger partial charge in [0.1, 0.15) is 0 Å². The fourth-order valence-corrected chi connectivity index (χ4v) is 7.64. The fraction of sp³-hybridized carbons (Fsp3) is 0.850. The van der Waals surface area contributed by atoms with Crippen LogP contribution < -0.4 is 0 Å². The third kappa shape index (κ3) is 7.43. The zero-order valence-electron chi connectivity index (χ0n) is 15.7. The van der Waals surface area contributed by atoms with Crippen LogP contribution in [0.15, 0.2) is 18.7 Å². The minimum absolute atomic E-state index is 0.488. The molecule has 0 amide bonds. The van der Waals surface area contributed by atoms with Crippen LogP contribution in [0.4, 0.5) is 0 Å². The second-order valence-corrected chi connectivity index (χ2v) is 10.8. The summed E-state index contributed by atoms with van der Waals surface area (Å²) in [5, 5.41) is 0.837. The van der Waals surface area contributed by atoms with E-state index >= 15 is 0 Å². The van der Waals surface area contributed by atoms with Gasteiger partial charge in [-0.05, 0) is 31.4 Å². The van der Waals surface area contributed by atoms with Crippen molar-refractivity contribution in [3.05, 3.63) is 18.7 Å². The SMILES string of the molecule is CCCCCCCCCC1(CCCn2ccnc2)SCCC(C)S1. The quantitative estimate of drug-likeness (QED) is 0.380. The van der Waals surface area contributed by atoms with Gasteiger partial charge >= 0.3 is 0 Å². The summed E-state index contributed by atoms with van der Waals surface area (Å²) in [5.74, 6) is 1.36. The number of aryl methyl sites for hydroxylation is 1. The summed E-state index contributed by atoms with van der Waals surface area (Å²) >= 11 is 4.54. The van der Waals surface area contributed by atoms with Gasteiger partial charge in [0.25, 0.3) is 0 Å². The van der Waals surface area contributed by atoms with Crippen molar-refractivity contribution in [2.45, 2.75) is 100 Å². The summed E-state index contributed by atoms with van der Waals surface area (Å²) in [5.41, 5.74) is 0. The molecule has 1 aliphatic rings. The van der Waals surface area contributed by atoms with Crippen molar-refractivity contribution in [1.29, 1.82) is 0 Å². The Kier molecular flexibility index (Phi) is 9.70. The van der Waals surface area contributed by atoms with Crippen LogP contribution in [0.3, 0.4) is 0 Å². The van der Waals surface area contributed by atoms with E-state index in [1.807, 2.05) is 12.5 Å². The predicted molar refractivity (Wildman–Crippen MR) is 111 cm³/mol. The lowest BCUT2D eigenvalue weighted by Crippen LogP contribution is -2.29. The topological polar surface area (TPSA) is 17.8 Å². The lowest BCUT2D eigenvalue weighted by molar-refractivity contribution is 0.518. The molecule has 0 radical (unpaired) electrons. The molecule has 2 heterocycles. The largest absolute Gasteiger partial charge is 0.337 e. The Morgan fingerprint density at radius 2 is 1.83 bits per heavy atom. The van der Waals surface area contributed by atoms with Gasteiger partial charge in [0.05, 0.1) is 10.4 Å². The first-order chi connectivity index (χ1) is 11.7. The van der Waals surface area contributed by atoms with Gasteiger partial charge in [-0.25, -0.2) is 4.98 Å². The highest BCUT2D eigenvalue weighted by atomic mass is 32.2. The van der Waals surface area contributed by atoms with E-state index in [1.54, 1.807) is 0 Å². The number of unbranched alkanes of at least 4 members (excludes halogenated alkanes) is 6. The molecular formula is C20H36N2S2. The van der Waals surface area contributed by atoms with Gasteiger partial charge in [0.15, 0.2) is 0 Å². The normalized spacial score (nSPS) is 24.3. The first-order valence-electron chi connectivity index (χ1n) is 10.0. The number of aromatic nitrogens is 2. The number of thioether (sulfide) groups is 2. The van der Waals surface area contributed by atoms with E-state index in [1.165, 1.54) is 76.4 Å². The Labute approximate surface area is 158 Å². The highest BCUT2D eigenvalue weighted by molar-refractivity contribution is 8.19. The molecule has 1 aromatic rings. The van der Waals surface area contributed by atoms with Crippen molar-refractivity contribution in [2.24, 2.45) is 0 Å². The maximum Gasteiger partial charge on any atom is 0.0945 e. The van der Waals surface area contributed by atoms with Crippen LogP contribution in [0.2, 0.25) is 0 Å². The molecule has 0 bridgehead atoms. The van der Waals surface area contributed by atoms with Crippen LogP contribution in [0.25, 0.3) is 0 Å². The molecule has 1 saturated heterocycles. The van der Waals surface area contributed by atoms with Crippen molar-refractivity contribution in [3.63, 3.8) is 0 Å². The lowest BCUT2D eigenvalue weighted by atomic mass is 10.0. The summed E-state index contributed by atoms with van der Waals surface area (Å²) in [4.78, 5) is 4.16. The van der Waals surface area contributed by atoms with E-state index in [0.29, 0.717) is 4.08 Å². The minimum atomic E-state index is 0.488. The average molecular weight is 369 g/mol. The molecule has 1 fully saturated rings. The Morgan fingerprint density at radius 3 is 2.54 bits per heavy atom. The maximum absolute atomic E-state index is 4.16. The third-order valence-corrected chi connectivity index (χ3v) is 8.49. The van der Waals surface area contributed by atoms with E-state index in [9.17, 15) is 0 Å². The van der Waals surface area contributed by atoms with E-state index in [4.69, 9.17) is 0 Å². The molecule has 2 rings (SSSR count). The summed E-state index contributed by atoms with van der Waals surface area (Å²) in [6, 6.07) is 0. The first-order valence-corrected chi connectivity index (χ1v) is 11.9. The number of nitrogens with zero attached hydrogens (tertiary/aromatic N) is 2. The van der Waals surface area contributed by atoms with E-state index in [-0.39, 0.29) is 0 Å². The molecular weight excluding hydrogens is 332 g/mol. The molecule has 1 aliphatic heterocycles. The number of rotatable bonds is 12. The van der Waals surface area contributed by atoms with Crippen LogP contribution in [0.1, 0.15) is 84.5 Å². The molecule has 0 aliphatic carbocycles. The molecule has 0 saturated carbocycles. The second-order valence-electron chi connectivity index (χ2n) is 7.25. The van der Waals surface area contributed by atoms with Gasteiger partial charge < -0.3 is 4.57 Å². The van der Waals surface area contributed by atoms with Crippen molar-refractivity contribution in [2.75, 3.05) is 5.75 Å². The Balaban J connectivity index is 1.71. The highest BCUT2D eigenvalue weighted by Crippen LogP contribution is 2.51. The lowest BCUT2D eigenvalue weighted by Gasteiger charge is -2.39. The number of imidazole rings is 1. The van der Waals surface area contributed by atoms with Gasteiger partial charge in [-0.1, -0.05) is 58.8 Å². The second kappa shape index (κ2) is 11.5. The van der Waals surface area contributed by atoms with Crippen LogP contribution in [-0.2, 0) is 6.54 Å². The van der Waals surface area contributed by atoms with Crippen molar-refractivity contribution >= 4 is 23.5 Å². The van der Waals surface area contributed by atoms with Crippen LogP contribution in [-0.4, -0.2) is 24.6 Å². The van der Waals surface area contributed by atoms with Crippen molar-refractivity contribution < 1.29 is 0 Å². The van der Waals surface area contributed by atoms with Gasteiger partial charge in [0, 0.05) is 24.2 Å². The van der Waals surface area contributed by atoms with E-state index < -0.39 is 0 Å². The van der Waals surface area contributed by atoms with Gasteiger partial charge in [-0.15, -0.1) is 23.5 Å². The van der Waals surface area contributed by atoms with Gasteiger partial charge in [-0.2, -0.15) is 0 Å². The average Bonchev–Trinajstić information content (AvgIpc) is 3.07. The van der Waals surface area contributed by atoms with Gasteiger partial charge in [-0.3, -0.25) is 0 Å². The highest BCUT2D eigenvalue weighted by Gasteiger charge is 2.35. The number of hydrogen-bond donors (Lipinski definition) is 0. The van der Waals surface area contributed by atoms with Crippen LogP contribution in [0.5, 0.6) is 0 Å². The summed E-state index contributed by atoms with van der Waals surface area (Å²) in [7, 11) is 0. The molecule has 1 aromatic heterocycles. The Bertz CT molecular complexity index is 421. The maximum atomic E-state index is 4.16. The smallest absolute Gasteiger partial charge is 0.0945 e.